The molecule has 1 aromatic rings. The molecule has 1 aliphatic rings. The van der Waals surface area contributed by atoms with E-state index in [0.717, 1.165) is 37.4 Å². The Morgan fingerprint density at radius 2 is 2.30 bits per heavy atom. The summed E-state index contributed by atoms with van der Waals surface area (Å²) in [5.41, 5.74) is 1.09. The Hall–Kier alpha value is -1.13. The fourth-order valence-electron chi connectivity index (χ4n) is 2.55. The van der Waals surface area contributed by atoms with Crippen LogP contribution in [0.15, 0.2) is 18.3 Å². The zero-order valence-electron chi connectivity index (χ0n) is 13.0. The summed E-state index contributed by atoms with van der Waals surface area (Å²) >= 11 is 0. The van der Waals surface area contributed by atoms with Crippen LogP contribution < -0.4 is 10.1 Å². The molecule has 2 rings (SSSR count). The van der Waals surface area contributed by atoms with Crippen LogP contribution >= 0.6 is 0 Å². The van der Waals surface area contributed by atoms with Crippen molar-refractivity contribution in [3.8, 4) is 5.88 Å². The number of nitrogens with zero attached hydrogens (tertiary/aromatic N) is 1. The van der Waals surface area contributed by atoms with Gasteiger partial charge in [-0.05, 0) is 46.6 Å². The van der Waals surface area contributed by atoms with Crippen LogP contribution in [0.25, 0.3) is 0 Å². The van der Waals surface area contributed by atoms with Gasteiger partial charge < -0.3 is 14.8 Å². The first-order valence-electron chi connectivity index (χ1n) is 7.44. The molecule has 1 aromatic heterocycles. The Balaban J connectivity index is 1.93. The van der Waals surface area contributed by atoms with Gasteiger partial charge in [0, 0.05) is 31.0 Å². The molecule has 4 nitrogen and oxygen atoms in total. The van der Waals surface area contributed by atoms with Crippen LogP contribution in [0.2, 0.25) is 0 Å². The third-order valence-corrected chi connectivity index (χ3v) is 3.48. The van der Waals surface area contributed by atoms with Gasteiger partial charge in [0.1, 0.15) is 0 Å². The highest BCUT2D eigenvalue weighted by atomic mass is 16.5. The fourth-order valence-corrected chi connectivity index (χ4v) is 2.55. The summed E-state index contributed by atoms with van der Waals surface area (Å²) in [5, 5.41) is 3.61. The van der Waals surface area contributed by atoms with Gasteiger partial charge in [-0.15, -0.1) is 0 Å². The molecule has 0 radical (unpaired) electrons. The van der Waals surface area contributed by atoms with Gasteiger partial charge in [0.15, 0.2) is 0 Å². The van der Waals surface area contributed by atoms with E-state index in [4.69, 9.17) is 9.47 Å². The third-order valence-electron chi connectivity index (χ3n) is 3.48. The first-order valence-corrected chi connectivity index (χ1v) is 7.44. The molecule has 1 unspecified atom stereocenters. The van der Waals surface area contributed by atoms with Gasteiger partial charge in [-0.25, -0.2) is 4.98 Å². The quantitative estimate of drug-likeness (QED) is 0.899. The van der Waals surface area contributed by atoms with Crippen molar-refractivity contribution in [2.75, 3.05) is 6.61 Å². The maximum absolute atomic E-state index is 5.75. The van der Waals surface area contributed by atoms with Gasteiger partial charge in [0.25, 0.3) is 0 Å². The Morgan fingerprint density at radius 3 is 3.00 bits per heavy atom. The van der Waals surface area contributed by atoms with Crippen LogP contribution in [0.1, 0.15) is 46.1 Å². The van der Waals surface area contributed by atoms with Gasteiger partial charge in [-0.2, -0.15) is 0 Å². The van der Waals surface area contributed by atoms with Crippen molar-refractivity contribution in [1.82, 2.24) is 10.3 Å². The van der Waals surface area contributed by atoms with Crippen molar-refractivity contribution in [3.05, 3.63) is 23.9 Å². The van der Waals surface area contributed by atoms with Crippen LogP contribution in [0.3, 0.4) is 0 Å². The van der Waals surface area contributed by atoms with E-state index in [1.165, 1.54) is 0 Å². The molecule has 4 heteroatoms. The molecule has 0 aliphatic carbocycles. The largest absolute Gasteiger partial charge is 0.475 e. The van der Waals surface area contributed by atoms with E-state index >= 15 is 0 Å². The van der Waals surface area contributed by atoms with Crippen LogP contribution in [0.5, 0.6) is 5.88 Å². The normalized spacial score (nSPS) is 21.9. The number of pyridine rings is 1. The average Bonchev–Trinajstić information content (AvgIpc) is 2.36. The lowest BCUT2D eigenvalue weighted by molar-refractivity contribution is -0.0630. The summed E-state index contributed by atoms with van der Waals surface area (Å²) in [4.78, 5) is 4.32. The molecule has 1 fully saturated rings. The van der Waals surface area contributed by atoms with E-state index in [1.807, 2.05) is 19.9 Å². The first-order chi connectivity index (χ1) is 9.46. The van der Waals surface area contributed by atoms with Crippen molar-refractivity contribution < 1.29 is 9.47 Å². The Labute approximate surface area is 121 Å². The van der Waals surface area contributed by atoms with E-state index in [-0.39, 0.29) is 11.7 Å². The summed E-state index contributed by atoms with van der Waals surface area (Å²) in [7, 11) is 0. The number of rotatable bonds is 5. The zero-order chi connectivity index (χ0) is 14.6. The number of ether oxygens (including phenoxy) is 2. The summed E-state index contributed by atoms with van der Waals surface area (Å²) < 4.78 is 11.5. The second kappa shape index (κ2) is 6.55. The average molecular weight is 278 g/mol. The monoisotopic (exact) mass is 278 g/mol. The van der Waals surface area contributed by atoms with E-state index in [0.29, 0.717) is 6.04 Å². The minimum absolute atomic E-state index is 0.0257. The maximum Gasteiger partial charge on any atom is 0.218 e. The Bertz CT molecular complexity index is 432. The zero-order valence-corrected chi connectivity index (χ0v) is 13.0. The SMILES string of the molecule is CC(C)Oc1ncccc1CNC1CCOC(C)(C)C1. The smallest absolute Gasteiger partial charge is 0.218 e. The third kappa shape index (κ3) is 4.46. The molecule has 0 bridgehead atoms. The molecular formula is C16H26N2O2. The highest BCUT2D eigenvalue weighted by molar-refractivity contribution is 5.25. The molecule has 112 valence electrons. The number of hydrogen-bond donors (Lipinski definition) is 1. The van der Waals surface area contributed by atoms with E-state index in [1.54, 1.807) is 6.20 Å². The summed E-state index contributed by atoms with van der Waals surface area (Å²) in [6, 6.07) is 4.52. The molecule has 0 spiro atoms. The van der Waals surface area contributed by atoms with Gasteiger partial charge >= 0.3 is 0 Å². The van der Waals surface area contributed by atoms with Crippen molar-refractivity contribution in [3.63, 3.8) is 0 Å². The van der Waals surface area contributed by atoms with Crippen molar-refractivity contribution >= 4 is 0 Å². The van der Waals surface area contributed by atoms with Gasteiger partial charge in [0.05, 0.1) is 11.7 Å². The topological polar surface area (TPSA) is 43.4 Å². The highest BCUT2D eigenvalue weighted by Gasteiger charge is 2.28. The lowest BCUT2D eigenvalue weighted by Crippen LogP contribution is -2.43. The van der Waals surface area contributed by atoms with Crippen molar-refractivity contribution in [2.24, 2.45) is 0 Å². The molecule has 1 N–H and O–H groups in total. The van der Waals surface area contributed by atoms with Gasteiger partial charge in [-0.1, -0.05) is 6.07 Å². The molecule has 1 aliphatic heterocycles. The Morgan fingerprint density at radius 1 is 1.50 bits per heavy atom. The van der Waals surface area contributed by atoms with E-state index in [9.17, 15) is 0 Å². The molecule has 1 atom stereocenters. The lowest BCUT2D eigenvalue weighted by atomic mass is 9.94. The predicted molar refractivity (Wildman–Crippen MR) is 79.9 cm³/mol. The van der Waals surface area contributed by atoms with E-state index in [2.05, 4.69) is 30.2 Å². The summed E-state index contributed by atoms with van der Waals surface area (Å²) in [6.07, 6.45) is 4.02. The molecule has 0 amide bonds. The maximum atomic E-state index is 5.75. The van der Waals surface area contributed by atoms with Crippen LogP contribution in [0, 0.1) is 0 Å². The molecule has 0 aromatic carbocycles. The summed E-state index contributed by atoms with van der Waals surface area (Å²) in [6.45, 7) is 9.96. The number of nitrogens with one attached hydrogen (secondary N) is 1. The van der Waals surface area contributed by atoms with Crippen molar-refractivity contribution in [1.29, 1.82) is 0 Å². The van der Waals surface area contributed by atoms with Gasteiger partial charge in [-0.3, -0.25) is 0 Å². The first kappa shape index (κ1) is 15.3. The Kier molecular flexibility index (Phi) is 5.00. The van der Waals surface area contributed by atoms with Crippen LogP contribution in [-0.4, -0.2) is 29.3 Å². The number of hydrogen-bond acceptors (Lipinski definition) is 4. The van der Waals surface area contributed by atoms with Crippen LogP contribution in [-0.2, 0) is 11.3 Å². The minimum atomic E-state index is -0.0257. The van der Waals surface area contributed by atoms with Crippen LogP contribution in [0.4, 0.5) is 0 Å². The highest BCUT2D eigenvalue weighted by Crippen LogP contribution is 2.24. The minimum Gasteiger partial charge on any atom is -0.475 e. The lowest BCUT2D eigenvalue weighted by Gasteiger charge is -2.36. The van der Waals surface area contributed by atoms with E-state index < -0.39 is 0 Å². The second-order valence-corrected chi connectivity index (χ2v) is 6.31. The second-order valence-electron chi connectivity index (χ2n) is 6.31. The molecule has 2 heterocycles. The number of aromatic nitrogens is 1. The molecule has 1 saturated heterocycles. The van der Waals surface area contributed by atoms with Gasteiger partial charge in [0.2, 0.25) is 5.88 Å². The van der Waals surface area contributed by atoms with Crippen molar-refractivity contribution in [2.45, 2.75) is 64.8 Å². The fraction of sp³-hybridized carbons (Fsp3) is 0.688. The molecular weight excluding hydrogens is 252 g/mol. The standard InChI is InChI=1S/C16H26N2O2/c1-12(2)20-15-13(6-5-8-17-15)11-18-14-7-9-19-16(3,4)10-14/h5-6,8,12,14,18H,7,9-11H2,1-4H3. The predicted octanol–water partition coefficient (Wildman–Crippen LogP) is 2.92. The molecule has 20 heavy (non-hydrogen) atoms. The summed E-state index contributed by atoms with van der Waals surface area (Å²) in [5.74, 6) is 0.737. The molecule has 0 saturated carbocycles.